The lowest BCUT2D eigenvalue weighted by Crippen LogP contribution is -2.62. The van der Waals surface area contributed by atoms with Crippen LogP contribution in [0.5, 0.6) is 5.75 Å². The van der Waals surface area contributed by atoms with Crippen LogP contribution in [0.2, 0.25) is 0 Å². The van der Waals surface area contributed by atoms with Crippen LogP contribution in [0, 0.1) is 0 Å². The highest BCUT2D eigenvalue weighted by atomic mass is 35.5. The zero-order valence-electron chi connectivity index (χ0n) is 50.9. The number of hydrogen-bond acceptors (Lipinski definition) is 21. The van der Waals surface area contributed by atoms with Crippen LogP contribution in [0.1, 0.15) is 123 Å². The number of rotatable bonds is 30. The van der Waals surface area contributed by atoms with Gasteiger partial charge in [0.25, 0.3) is 5.91 Å². The Balaban J connectivity index is 2.73. The number of cyclic esters (lactones) is 1. The number of aliphatic carboxylic acids is 2. The second-order valence-electron chi connectivity index (χ2n) is 21.4. The third-order valence-corrected chi connectivity index (χ3v) is 14.3. The summed E-state index contributed by atoms with van der Waals surface area (Å²) in [6.45, 7) is 3.01. The highest BCUT2D eigenvalue weighted by Crippen LogP contribution is 2.18. The zero-order valence-corrected chi connectivity index (χ0v) is 51.6. The van der Waals surface area contributed by atoms with E-state index in [1.54, 1.807) is 24.3 Å². The summed E-state index contributed by atoms with van der Waals surface area (Å²) < 4.78 is 11.2. The molecule has 2 rings (SSSR count). The van der Waals surface area contributed by atoms with E-state index >= 15 is 0 Å². The minimum atomic E-state index is -2.85. The molecule has 0 bridgehead atoms. The van der Waals surface area contributed by atoms with Crippen LogP contribution in [-0.4, -0.2) is 213 Å². The summed E-state index contributed by atoms with van der Waals surface area (Å²) in [7, 11) is 0. The minimum Gasteiger partial charge on any atom is -0.494 e. The Morgan fingerprint density at radius 2 is 1.23 bits per heavy atom. The topological polar surface area (TPSA) is 531 Å². The van der Waals surface area contributed by atoms with E-state index in [0.717, 1.165) is 52.0 Å². The van der Waals surface area contributed by atoms with Crippen molar-refractivity contribution in [3.05, 3.63) is 41.6 Å². The van der Waals surface area contributed by atoms with Gasteiger partial charge in [-0.15, -0.1) is 11.6 Å². The summed E-state index contributed by atoms with van der Waals surface area (Å²) in [5.74, 6) is -17.5. The van der Waals surface area contributed by atoms with E-state index in [0.29, 0.717) is 17.9 Å². The summed E-state index contributed by atoms with van der Waals surface area (Å²) in [6.07, 6.45) is -1.08. The van der Waals surface area contributed by atoms with Gasteiger partial charge in [-0.25, -0.2) is 9.59 Å². The smallest absolute Gasteiger partial charge is 0.335 e. The van der Waals surface area contributed by atoms with Gasteiger partial charge in [-0.2, -0.15) is 0 Å². The SMILES string of the molecule is C/C=C1\NC(=O)[C@H]([C@@H](C)O)NC(=O)[C@@H](CCN)NC(=O)[C@@H](CCCCN)NC(=O)[C@@H](CC(=O)O)NC(=O)[C@@H](CCN)NC(=O)[C@@H](NC(=O)CC(O)Cc2cccc(OCCCCCCCCCC)c2)COC(=O)[C@@H]([C@H](O)CCl)NC(=O)[C@H]([C@H](O)C(=O)O)NC1=O. The van der Waals surface area contributed by atoms with Crippen LogP contribution in [0.3, 0.4) is 0 Å². The van der Waals surface area contributed by atoms with Crippen molar-refractivity contribution >= 4 is 82.7 Å². The molecule has 21 N–H and O–H groups in total. The monoisotopic (exact) mass is 1300 g/mol. The van der Waals surface area contributed by atoms with Crippen molar-refractivity contribution in [2.75, 3.05) is 38.7 Å². The van der Waals surface area contributed by atoms with Gasteiger partial charge in [0.1, 0.15) is 60.3 Å². The molecule has 33 heteroatoms. The first kappa shape index (κ1) is 78.5. The zero-order chi connectivity index (χ0) is 67.5. The van der Waals surface area contributed by atoms with E-state index in [2.05, 4.69) is 44.1 Å². The fraction of sp³-hybridized carbons (Fsp3) is 0.649. The third-order valence-electron chi connectivity index (χ3n) is 14.0. The Hall–Kier alpha value is -7.59. The summed E-state index contributed by atoms with van der Waals surface area (Å²) in [4.78, 5) is 164. The number of unbranched alkanes of at least 4 members (excludes halogenated alkanes) is 8. The highest BCUT2D eigenvalue weighted by Gasteiger charge is 2.41. The highest BCUT2D eigenvalue weighted by molar-refractivity contribution is 6.18. The lowest BCUT2D eigenvalue weighted by molar-refractivity contribution is -0.155. The molecule has 0 aromatic heterocycles. The van der Waals surface area contributed by atoms with Crippen LogP contribution < -0.4 is 69.8 Å². The van der Waals surface area contributed by atoms with Crippen molar-refractivity contribution in [2.45, 2.75) is 196 Å². The summed E-state index contributed by atoms with van der Waals surface area (Å²) in [5.41, 5.74) is 17.0. The summed E-state index contributed by atoms with van der Waals surface area (Å²) >= 11 is 5.88. The van der Waals surface area contributed by atoms with Gasteiger partial charge in [0, 0.05) is 0 Å². The van der Waals surface area contributed by atoms with Crippen molar-refractivity contribution in [3.8, 4) is 5.75 Å². The van der Waals surface area contributed by atoms with Crippen LogP contribution in [0.4, 0.5) is 0 Å². The van der Waals surface area contributed by atoms with Crippen LogP contribution in [0.15, 0.2) is 36.0 Å². The molecule has 1 aliphatic heterocycles. The first-order valence-corrected chi connectivity index (χ1v) is 30.4. The summed E-state index contributed by atoms with van der Waals surface area (Å²) in [5, 5.41) is 82.8. The Bertz CT molecular complexity index is 2580. The largest absolute Gasteiger partial charge is 0.494 e. The maximum absolute atomic E-state index is 14.3. The van der Waals surface area contributed by atoms with E-state index in [4.69, 9.17) is 38.3 Å². The number of amides is 9. The van der Waals surface area contributed by atoms with Gasteiger partial charge in [0.05, 0.1) is 43.6 Å². The maximum atomic E-state index is 14.3. The van der Waals surface area contributed by atoms with Gasteiger partial charge in [-0.05, 0) is 96.1 Å². The van der Waals surface area contributed by atoms with Crippen molar-refractivity contribution in [3.63, 3.8) is 0 Å². The number of aliphatic hydroxyl groups is 4. The first-order valence-electron chi connectivity index (χ1n) is 29.9. The molecule has 9 amide bonds. The molecule has 0 spiro atoms. The molecule has 90 heavy (non-hydrogen) atoms. The molecule has 1 heterocycles. The molecule has 0 radical (unpaired) electrons. The predicted octanol–water partition coefficient (Wildman–Crippen LogP) is -4.32. The van der Waals surface area contributed by atoms with E-state index in [1.807, 2.05) is 10.6 Å². The van der Waals surface area contributed by atoms with Gasteiger partial charge in [0.15, 0.2) is 12.1 Å². The van der Waals surface area contributed by atoms with E-state index in [9.17, 15) is 88.2 Å². The van der Waals surface area contributed by atoms with Gasteiger partial charge in [0.2, 0.25) is 47.3 Å². The molecule has 1 unspecified atom stereocenters. The molecule has 1 aromatic carbocycles. The molecule has 1 aliphatic rings. The second kappa shape index (κ2) is 42.4. The number of carbonyl (C=O) groups is 12. The number of aliphatic hydroxyl groups excluding tert-OH is 4. The van der Waals surface area contributed by atoms with Gasteiger partial charge < -0.3 is 105 Å². The quantitative estimate of drug-likeness (QED) is 0.0150. The number of esters is 1. The van der Waals surface area contributed by atoms with E-state index in [1.165, 1.54) is 19.3 Å². The predicted molar refractivity (Wildman–Crippen MR) is 322 cm³/mol. The fourth-order valence-electron chi connectivity index (χ4n) is 8.97. The van der Waals surface area contributed by atoms with Crippen LogP contribution in [-0.2, 0) is 68.7 Å². The summed E-state index contributed by atoms with van der Waals surface area (Å²) in [6, 6.07) is -9.26. The Kier molecular flexibility index (Phi) is 37.0. The normalized spacial score (nSPS) is 23.5. The number of nitrogens with one attached hydrogen (secondary N) is 9. The number of allylic oxidation sites excluding steroid dienone is 1. The number of benzene rings is 1. The number of halogens is 1. The lowest BCUT2D eigenvalue weighted by atomic mass is 10.0. The maximum Gasteiger partial charge on any atom is 0.335 e. The van der Waals surface area contributed by atoms with Gasteiger partial charge in [-0.3, -0.25) is 47.9 Å². The molecular formula is C57H91ClN12O20. The van der Waals surface area contributed by atoms with Gasteiger partial charge >= 0.3 is 17.9 Å². The third kappa shape index (κ3) is 28.5. The molecule has 1 fully saturated rings. The van der Waals surface area contributed by atoms with Crippen molar-refractivity contribution in [1.82, 2.24) is 47.9 Å². The number of nitrogens with two attached hydrogens (primary N) is 3. The average molecular weight is 1300 g/mol. The number of hydrogen-bond donors (Lipinski definition) is 18. The second-order valence-corrected chi connectivity index (χ2v) is 21.7. The van der Waals surface area contributed by atoms with Crippen LogP contribution in [0.25, 0.3) is 0 Å². The first-order chi connectivity index (χ1) is 42.7. The van der Waals surface area contributed by atoms with Crippen LogP contribution >= 0.6 is 11.6 Å². The van der Waals surface area contributed by atoms with Gasteiger partial charge in [-0.1, -0.05) is 70.1 Å². The standard InChI is InChI=1S/C57H91ClN12O20/c1-4-6-7-8-9-10-11-14-24-89-34-17-15-16-32(26-34)25-33(72)27-42(74)62-40-30-90-57(88)45(41(73)29-58)69-55(85)46(47(77)56(86)87)70-48(78)35(5-2)63-54(84)44(31(3)71)68-51(81)38(20-23-61)65-49(79)36(18-12-13-21-59)64-52(82)39(28-43(75)76)67-50(80)37(19-22-60)66-53(40)83/h5,15-17,26,31,33,36-41,44-47,71-73,77H,4,6-14,18-25,27-30,59-61H2,1-3H3,(H,62,74)(H,63,84)(H,64,82)(H,65,79)(H,66,83)(H,67,80)(H,68,81)(H,69,85)(H,70,78)(H,75,76)(H,86,87)/b35-5-/t31-,33?,36-,37-,38-,39-,40+,41-,44+,45-,46+,47+/m1/s1. The number of carboxylic acid groups (broad SMARTS) is 2. The fourth-order valence-corrected chi connectivity index (χ4v) is 9.15. The molecule has 506 valence electrons. The van der Waals surface area contributed by atoms with Crippen molar-refractivity contribution < 1.29 is 97.6 Å². The Labute approximate surface area is 526 Å². The van der Waals surface area contributed by atoms with E-state index in [-0.39, 0.29) is 51.7 Å². The molecule has 12 atom stereocenters. The number of carbonyl (C=O) groups excluding carboxylic acids is 10. The molecular weight excluding hydrogens is 1210 g/mol. The Morgan fingerprint density at radius 1 is 0.678 bits per heavy atom. The number of ether oxygens (including phenoxy) is 2. The van der Waals surface area contributed by atoms with Crippen molar-refractivity contribution in [1.29, 1.82) is 0 Å². The molecule has 1 aromatic rings. The molecule has 0 aliphatic carbocycles. The Morgan fingerprint density at radius 3 is 1.79 bits per heavy atom. The molecule has 1 saturated heterocycles. The molecule has 32 nitrogen and oxygen atoms in total. The van der Waals surface area contributed by atoms with E-state index < -0.39 is 181 Å². The number of alkyl halides is 1. The molecule has 0 saturated carbocycles. The minimum absolute atomic E-state index is 0.114. The van der Waals surface area contributed by atoms with Crippen molar-refractivity contribution in [2.24, 2.45) is 17.2 Å². The average Bonchev–Trinajstić information content (AvgIpc) is 1.39. The number of carboxylic acids is 2. The lowest BCUT2D eigenvalue weighted by Gasteiger charge is -2.28.